The third-order valence-electron chi connectivity index (χ3n) is 2.28. The Hall–Kier alpha value is -1.56. The molecule has 2 unspecified atom stereocenters. The van der Waals surface area contributed by atoms with Gasteiger partial charge in [0.2, 0.25) is 5.91 Å². The zero-order valence-electron chi connectivity index (χ0n) is 7.17. The summed E-state index contributed by atoms with van der Waals surface area (Å²) in [5.74, 6) is -1.57. The number of ether oxygens (including phenoxy) is 1. The average Bonchev–Trinajstić information content (AvgIpc) is 2.39. The number of nitrogens with zero attached hydrogens (tertiary/aromatic N) is 1. The number of amides is 1. The Morgan fingerprint density at radius 3 is 3.00 bits per heavy atom. The van der Waals surface area contributed by atoms with Gasteiger partial charge in [-0.15, -0.1) is 0 Å². The maximum absolute atomic E-state index is 11.0. The lowest BCUT2D eigenvalue weighted by molar-refractivity contribution is -0.310. The number of fused-ring (bicyclic) bond motifs is 1. The summed E-state index contributed by atoms with van der Waals surface area (Å²) in [6.07, 6.45) is 0.918. The van der Waals surface area contributed by atoms with Gasteiger partial charge in [0.15, 0.2) is 6.23 Å². The second-order valence-electron chi connectivity index (χ2n) is 3.09. The number of aliphatic hydroxyl groups excluding tert-OH is 1. The maximum atomic E-state index is 11.0. The fourth-order valence-electron chi connectivity index (χ4n) is 1.65. The summed E-state index contributed by atoms with van der Waals surface area (Å²) in [6, 6.07) is -1.17. The zero-order chi connectivity index (χ0) is 10.3. The molecule has 2 saturated heterocycles. The van der Waals surface area contributed by atoms with Gasteiger partial charge in [-0.2, -0.15) is 0 Å². The van der Waals surface area contributed by atoms with E-state index in [-0.39, 0.29) is 24.7 Å². The molecular formula is C8H8NO5-. The molecule has 0 bridgehead atoms. The lowest BCUT2D eigenvalue weighted by atomic mass is 10.1. The van der Waals surface area contributed by atoms with Crippen LogP contribution in [0.1, 0.15) is 6.42 Å². The number of carboxylic acid groups (broad SMARTS) is 1. The average molecular weight is 198 g/mol. The highest BCUT2D eigenvalue weighted by Gasteiger charge is 2.50. The smallest absolute Gasteiger partial charge is 0.232 e. The van der Waals surface area contributed by atoms with E-state index >= 15 is 0 Å². The summed E-state index contributed by atoms with van der Waals surface area (Å²) in [7, 11) is 0. The Morgan fingerprint density at radius 2 is 2.50 bits per heavy atom. The number of β-lactam (4-membered cyclic amide) rings is 1. The normalized spacial score (nSPS) is 32.5. The number of carbonyl (C=O) groups is 2. The van der Waals surface area contributed by atoms with Gasteiger partial charge in [0.05, 0.1) is 19.0 Å². The van der Waals surface area contributed by atoms with Crippen LogP contribution in [0.4, 0.5) is 0 Å². The van der Waals surface area contributed by atoms with Crippen molar-refractivity contribution in [3.8, 4) is 0 Å². The van der Waals surface area contributed by atoms with E-state index in [4.69, 9.17) is 9.84 Å². The van der Waals surface area contributed by atoms with Crippen LogP contribution in [0.5, 0.6) is 0 Å². The number of hydrogen-bond donors (Lipinski definition) is 1. The van der Waals surface area contributed by atoms with E-state index < -0.39 is 18.2 Å². The van der Waals surface area contributed by atoms with Gasteiger partial charge in [0, 0.05) is 0 Å². The van der Waals surface area contributed by atoms with E-state index in [0.717, 1.165) is 4.90 Å². The summed E-state index contributed by atoms with van der Waals surface area (Å²) in [4.78, 5) is 22.9. The molecule has 2 rings (SSSR count). The molecule has 0 saturated carbocycles. The second-order valence-corrected chi connectivity index (χ2v) is 3.09. The quantitative estimate of drug-likeness (QED) is 0.498. The van der Waals surface area contributed by atoms with Crippen LogP contribution in [0.25, 0.3) is 0 Å². The van der Waals surface area contributed by atoms with E-state index in [1.54, 1.807) is 0 Å². The molecular weight excluding hydrogens is 190 g/mol. The second kappa shape index (κ2) is 2.98. The minimum atomic E-state index is -1.39. The molecule has 2 fully saturated rings. The number of carboxylic acids is 1. The molecule has 14 heavy (non-hydrogen) atoms. The Bertz CT molecular complexity index is 324. The fourth-order valence-corrected chi connectivity index (χ4v) is 1.65. The minimum absolute atomic E-state index is 0.0864. The van der Waals surface area contributed by atoms with Crippen LogP contribution >= 0.6 is 0 Å². The molecule has 6 heteroatoms. The van der Waals surface area contributed by atoms with E-state index in [1.807, 2.05) is 0 Å². The van der Waals surface area contributed by atoms with Gasteiger partial charge in [0.1, 0.15) is 11.8 Å². The highest BCUT2D eigenvalue weighted by Crippen LogP contribution is 2.35. The number of rotatable bonds is 2. The minimum Gasteiger partial charge on any atom is -0.547 e. The summed E-state index contributed by atoms with van der Waals surface area (Å²) in [6.45, 7) is -0.326. The standard InChI is InChI=1S/C8H9NO5/c10-2-1-4-7(8(12)13)9-5(11)3-6(9)14-4/h1,6-7,10H,2-3H2,(H,12,13)/p-1/b4-1+. The van der Waals surface area contributed by atoms with Gasteiger partial charge in [0.25, 0.3) is 0 Å². The summed E-state index contributed by atoms with van der Waals surface area (Å²) < 4.78 is 5.13. The predicted molar refractivity (Wildman–Crippen MR) is 40.3 cm³/mol. The summed E-state index contributed by atoms with van der Waals surface area (Å²) in [5, 5.41) is 19.3. The van der Waals surface area contributed by atoms with Gasteiger partial charge in [-0.3, -0.25) is 9.69 Å². The van der Waals surface area contributed by atoms with E-state index in [1.165, 1.54) is 6.08 Å². The van der Waals surface area contributed by atoms with Crippen LogP contribution in [0.15, 0.2) is 11.8 Å². The first-order valence-electron chi connectivity index (χ1n) is 4.14. The number of hydrogen-bond acceptors (Lipinski definition) is 5. The van der Waals surface area contributed by atoms with E-state index in [9.17, 15) is 14.7 Å². The van der Waals surface area contributed by atoms with Gasteiger partial charge in [-0.1, -0.05) is 0 Å². The predicted octanol–water partition coefficient (Wildman–Crippen LogP) is -2.43. The molecule has 1 N–H and O–H groups in total. The lowest BCUT2D eigenvalue weighted by Gasteiger charge is -2.35. The molecule has 0 aromatic heterocycles. The van der Waals surface area contributed by atoms with Gasteiger partial charge in [-0.05, 0) is 6.08 Å². The van der Waals surface area contributed by atoms with Crippen molar-refractivity contribution in [1.82, 2.24) is 4.90 Å². The zero-order valence-corrected chi connectivity index (χ0v) is 7.17. The fraction of sp³-hybridized carbons (Fsp3) is 0.500. The van der Waals surface area contributed by atoms with Crippen LogP contribution in [0, 0.1) is 0 Å². The molecule has 2 heterocycles. The molecule has 0 aromatic rings. The first-order chi connectivity index (χ1) is 6.65. The van der Waals surface area contributed by atoms with Crippen molar-refractivity contribution in [3.05, 3.63) is 11.8 Å². The summed E-state index contributed by atoms with van der Waals surface area (Å²) >= 11 is 0. The number of aliphatic carboxylic acids is 1. The SMILES string of the molecule is O=C([O-])C1/C(=C\CO)OC2CC(=O)N21. The van der Waals surface area contributed by atoms with Gasteiger partial charge < -0.3 is 19.7 Å². The molecule has 0 aromatic carbocycles. The van der Waals surface area contributed by atoms with Crippen molar-refractivity contribution in [2.75, 3.05) is 6.61 Å². The first kappa shape index (κ1) is 9.01. The van der Waals surface area contributed by atoms with Gasteiger partial charge in [-0.25, -0.2) is 0 Å². The van der Waals surface area contributed by atoms with Crippen LogP contribution in [0.3, 0.4) is 0 Å². The van der Waals surface area contributed by atoms with Crippen LogP contribution in [-0.2, 0) is 14.3 Å². The monoisotopic (exact) mass is 198 g/mol. The highest BCUT2D eigenvalue weighted by atomic mass is 16.5. The molecule has 2 atom stereocenters. The van der Waals surface area contributed by atoms with E-state index in [0.29, 0.717) is 0 Å². The number of aliphatic hydroxyl groups is 1. The Labute approximate surface area is 79.4 Å². The van der Waals surface area contributed by atoms with Crippen molar-refractivity contribution in [3.63, 3.8) is 0 Å². The molecule has 2 aliphatic heterocycles. The van der Waals surface area contributed by atoms with Crippen molar-refractivity contribution < 1.29 is 24.5 Å². The Balaban J connectivity index is 2.26. The van der Waals surface area contributed by atoms with E-state index in [2.05, 4.69) is 0 Å². The Morgan fingerprint density at radius 1 is 1.79 bits per heavy atom. The van der Waals surface area contributed by atoms with Crippen molar-refractivity contribution in [2.45, 2.75) is 18.7 Å². The number of carbonyl (C=O) groups excluding carboxylic acids is 2. The van der Waals surface area contributed by atoms with Crippen molar-refractivity contribution in [2.24, 2.45) is 0 Å². The largest absolute Gasteiger partial charge is 0.547 e. The highest BCUT2D eigenvalue weighted by molar-refractivity contribution is 5.90. The van der Waals surface area contributed by atoms with Crippen molar-refractivity contribution in [1.29, 1.82) is 0 Å². The maximum Gasteiger partial charge on any atom is 0.232 e. The molecule has 1 amide bonds. The molecule has 0 radical (unpaired) electrons. The summed E-state index contributed by atoms with van der Waals surface area (Å²) in [5.41, 5.74) is 0. The third kappa shape index (κ3) is 1.07. The molecule has 0 spiro atoms. The van der Waals surface area contributed by atoms with Crippen LogP contribution < -0.4 is 5.11 Å². The molecule has 76 valence electrons. The first-order valence-corrected chi connectivity index (χ1v) is 4.14. The third-order valence-corrected chi connectivity index (χ3v) is 2.28. The molecule has 6 nitrogen and oxygen atoms in total. The Kier molecular flexibility index (Phi) is 1.92. The molecule has 0 aliphatic carbocycles. The van der Waals surface area contributed by atoms with Crippen LogP contribution in [-0.4, -0.2) is 40.8 Å². The lowest BCUT2D eigenvalue weighted by Crippen LogP contribution is -2.57. The topological polar surface area (TPSA) is 89.9 Å². The molecule has 2 aliphatic rings. The van der Waals surface area contributed by atoms with Crippen molar-refractivity contribution >= 4 is 11.9 Å². The van der Waals surface area contributed by atoms with Gasteiger partial charge >= 0.3 is 0 Å². The van der Waals surface area contributed by atoms with Crippen LogP contribution in [0.2, 0.25) is 0 Å².